The van der Waals surface area contributed by atoms with Crippen molar-refractivity contribution in [2.45, 2.75) is 38.7 Å². The van der Waals surface area contributed by atoms with E-state index < -0.39 is 0 Å². The molecule has 1 heterocycles. The van der Waals surface area contributed by atoms with E-state index in [2.05, 4.69) is 36.1 Å². The van der Waals surface area contributed by atoms with Gasteiger partial charge in [0.1, 0.15) is 5.75 Å². The van der Waals surface area contributed by atoms with Crippen LogP contribution in [0.1, 0.15) is 31.7 Å². The van der Waals surface area contributed by atoms with Gasteiger partial charge in [-0.2, -0.15) is 0 Å². The number of likely N-dealkylation sites (tertiary alicyclic amines) is 1. The van der Waals surface area contributed by atoms with Crippen molar-refractivity contribution < 1.29 is 9.84 Å². The Morgan fingerprint density at radius 3 is 2.53 bits per heavy atom. The van der Waals surface area contributed by atoms with Crippen LogP contribution < -0.4 is 4.74 Å². The Morgan fingerprint density at radius 1 is 1.21 bits per heavy atom. The van der Waals surface area contributed by atoms with E-state index in [0.717, 1.165) is 57.7 Å². The Bertz CT molecular complexity index is 356. The second kappa shape index (κ2) is 7.51. The Morgan fingerprint density at radius 2 is 1.89 bits per heavy atom. The highest BCUT2D eigenvalue weighted by Crippen LogP contribution is 2.14. The van der Waals surface area contributed by atoms with Gasteiger partial charge in [-0.3, -0.25) is 0 Å². The maximum Gasteiger partial charge on any atom is 0.119 e. The Hall–Kier alpha value is -1.06. The number of piperidine rings is 1. The lowest BCUT2D eigenvalue weighted by molar-refractivity contribution is 0.0832. The van der Waals surface area contributed by atoms with Crippen LogP contribution in [-0.2, 0) is 6.42 Å². The van der Waals surface area contributed by atoms with Crippen molar-refractivity contribution in [3.8, 4) is 5.75 Å². The minimum Gasteiger partial charge on any atom is -0.494 e. The fourth-order valence-corrected chi connectivity index (χ4v) is 2.40. The summed E-state index contributed by atoms with van der Waals surface area (Å²) in [6, 6.07) is 8.43. The van der Waals surface area contributed by atoms with E-state index in [0.29, 0.717) is 0 Å². The summed E-state index contributed by atoms with van der Waals surface area (Å²) in [5.41, 5.74) is 1.36. The summed E-state index contributed by atoms with van der Waals surface area (Å²) < 4.78 is 5.58. The highest BCUT2D eigenvalue weighted by Gasteiger charge is 2.16. The molecular formula is C16H25NO2. The Kier molecular flexibility index (Phi) is 5.67. The van der Waals surface area contributed by atoms with Crippen molar-refractivity contribution in [3.63, 3.8) is 0 Å². The summed E-state index contributed by atoms with van der Waals surface area (Å²) >= 11 is 0. The van der Waals surface area contributed by atoms with Gasteiger partial charge in [-0.1, -0.05) is 19.1 Å². The Labute approximate surface area is 116 Å². The van der Waals surface area contributed by atoms with Gasteiger partial charge in [-0.15, -0.1) is 0 Å². The molecule has 0 atom stereocenters. The predicted octanol–water partition coefficient (Wildman–Crippen LogP) is 2.47. The molecule has 1 N–H and O–H groups in total. The number of hydrogen-bond acceptors (Lipinski definition) is 3. The molecule has 1 aromatic rings. The summed E-state index contributed by atoms with van der Waals surface area (Å²) in [6.45, 7) is 6.04. The molecule has 0 aromatic heterocycles. The first kappa shape index (κ1) is 14.4. The highest BCUT2D eigenvalue weighted by atomic mass is 16.5. The predicted molar refractivity (Wildman–Crippen MR) is 77.6 cm³/mol. The van der Waals surface area contributed by atoms with Gasteiger partial charge >= 0.3 is 0 Å². The number of rotatable bonds is 6. The molecule has 0 aliphatic carbocycles. The van der Waals surface area contributed by atoms with Crippen molar-refractivity contribution in [2.24, 2.45) is 0 Å². The third-order valence-corrected chi connectivity index (χ3v) is 3.67. The van der Waals surface area contributed by atoms with Crippen LogP contribution >= 0.6 is 0 Å². The fourth-order valence-electron chi connectivity index (χ4n) is 2.40. The van der Waals surface area contributed by atoms with Gasteiger partial charge in [0.05, 0.1) is 12.7 Å². The molecule has 0 amide bonds. The molecule has 0 spiro atoms. The molecule has 3 nitrogen and oxygen atoms in total. The maximum absolute atomic E-state index is 9.47. The summed E-state index contributed by atoms with van der Waals surface area (Å²) in [7, 11) is 0. The lowest BCUT2D eigenvalue weighted by atomic mass is 10.1. The summed E-state index contributed by atoms with van der Waals surface area (Å²) in [4.78, 5) is 2.44. The molecule has 0 radical (unpaired) electrons. The van der Waals surface area contributed by atoms with Gasteiger partial charge in [0.25, 0.3) is 0 Å². The quantitative estimate of drug-likeness (QED) is 0.856. The van der Waals surface area contributed by atoms with Crippen molar-refractivity contribution in [1.82, 2.24) is 4.90 Å². The number of hydrogen-bond donors (Lipinski definition) is 1. The Balaban J connectivity index is 1.73. The second-order valence-corrected chi connectivity index (χ2v) is 5.32. The van der Waals surface area contributed by atoms with Crippen molar-refractivity contribution in [1.29, 1.82) is 0 Å². The number of benzene rings is 1. The number of aliphatic hydroxyl groups is 1. The molecule has 2 rings (SSSR count). The summed E-state index contributed by atoms with van der Waals surface area (Å²) in [6.07, 6.45) is 3.88. The second-order valence-electron chi connectivity index (χ2n) is 5.32. The van der Waals surface area contributed by atoms with Gasteiger partial charge in [-0.05, 0) is 43.4 Å². The molecule has 0 unspecified atom stereocenters. The average molecular weight is 263 g/mol. The van der Waals surface area contributed by atoms with Gasteiger partial charge in [0.15, 0.2) is 0 Å². The monoisotopic (exact) mass is 263 g/mol. The van der Waals surface area contributed by atoms with E-state index in [9.17, 15) is 5.11 Å². The molecule has 0 bridgehead atoms. The topological polar surface area (TPSA) is 32.7 Å². The average Bonchev–Trinajstić information content (AvgIpc) is 2.46. The normalized spacial score (nSPS) is 17.6. The molecule has 19 heavy (non-hydrogen) atoms. The van der Waals surface area contributed by atoms with Crippen LogP contribution in [0, 0.1) is 0 Å². The molecule has 1 aromatic carbocycles. The summed E-state index contributed by atoms with van der Waals surface area (Å²) in [5, 5.41) is 9.47. The molecule has 1 saturated heterocycles. The van der Waals surface area contributed by atoms with E-state index in [1.807, 2.05) is 0 Å². The van der Waals surface area contributed by atoms with Crippen LogP contribution in [-0.4, -0.2) is 42.4 Å². The molecule has 0 saturated carbocycles. The van der Waals surface area contributed by atoms with Gasteiger partial charge in [0.2, 0.25) is 0 Å². The van der Waals surface area contributed by atoms with Gasteiger partial charge in [0, 0.05) is 19.6 Å². The minimum atomic E-state index is -0.0775. The van der Waals surface area contributed by atoms with Gasteiger partial charge in [-0.25, -0.2) is 0 Å². The molecule has 106 valence electrons. The molecule has 3 heteroatoms. The lowest BCUT2D eigenvalue weighted by Crippen LogP contribution is -2.37. The van der Waals surface area contributed by atoms with Gasteiger partial charge < -0.3 is 14.7 Å². The SMILES string of the molecule is CCCOc1ccc(CCN2CCC(O)CC2)cc1. The zero-order valence-electron chi connectivity index (χ0n) is 11.8. The lowest BCUT2D eigenvalue weighted by Gasteiger charge is -2.29. The van der Waals surface area contributed by atoms with E-state index >= 15 is 0 Å². The first-order valence-electron chi connectivity index (χ1n) is 7.40. The molecule has 1 fully saturated rings. The van der Waals surface area contributed by atoms with Crippen LogP contribution in [0.5, 0.6) is 5.75 Å². The van der Waals surface area contributed by atoms with Crippen molar-refractivity contribution >= 4 is 0 Å². The van der Waals surface area contributed by atoms with E-state index in [1.165, 1.54) is 5.56 Å². The number of ether oxygens (including phenoxy) is 1. The zero-order chi connectivity index (χ0) is 13.5. The van der Waals surface area contributed by atoms with Crippen molar-refractivity contribution in [3.05, 3.63) is 29.8 Å². The van der Waals surface area contributed by atoms with Crippen molar-refractivity contribution in [2.75, 3.05) is 26.2 Å². The molecular weight excluding hydrogens is 238 g/mol. The van der Waals surface area contributed by atoms with E-state index in [4.69, 9.17) is 4.74 Å². The standard InChI is InChI=1S/C16H25NO2/c1-2-13-19-16-5-3-14(4-6-16)7-10-17-11-8-15(18)9-12-17/h3-6,15,18H,2,7-13H2,1H3. The molecule has 1 aliphatic heterocycles. The van der Waals surface area contributed by atoms with Crippen LogP contribution in [0.15, 0.2) is 24.3 Å². The third kappa shape index (κ3) is 4.84. The summed E-state index contributed by atoms with van der Waals surface area (Å²) in [5.74, 6) is 0.965. The largest absolute Gasteiger partial charge is 0.494 e. The van der Waals surface area contributed by atoms with Crippen LogP contribution in [0.3, 0.4) is 0 Å². The number of nitrogens with zero attached hydrogens (tertiary/aromatic N) is 1. The van der Waals surface area contributed by atoms with Crippen LogP contribution in [0.4, 0.5) is 0 Å². The van der Waals surface area contributed by atoms with Crippen LogP contribution in [0.25, 0.3) is 0 Å². The smallest absolute Gasteiger partial charge is 0.119 e. The van der Waals surface area contributed by atoms with Crippen LogP contribution in [0.2, 0.25) is 0 Å². The number of aliphatic hydroxyl groups excluding tert-OH is 1. The van der Waals surface area contributed by atoms with E-state index in [1.54, 1.807) is 0 Å². The molecule has 1 aliphatic rings. The fraction of sp³-hybridized carbons (Fsp3) is 0.625. The first-order chi connectivity index (χ1) is 9.28. The third-order valence-electron chi connectivity index (χ3n) is 3.67. The van der Waals surface area contributed by atoms with E-state index in [-0.39, 0.29) is 6.10 Å². The first-order valence-corrected chi connectivity index (χ1v) is 7.40. The zero-order valence-corrected chi connectivity index (χ0v) is 11.8. The highest BCUT2D eigenvalue weighted by molar-refractivity contribution is 5.27. The maximum atomic E-state index is 9.47. The minimum absolute atomic E-state index is 0.0775.